The summed E-state index contributed by atoms with van der Waals surface area (Å²) in [6, 6.07) is 8.40. The Balaban J connectivity index is 1.70. The molecule has 0 atom stereocenters. The van der Waals surface area contributed by atoms with Crippen LogP contribution in [0.2, 0.25) is 0 Å². The molecule has 4 heteroatoms. The molecule has 0 bridgehead atoms. The normalized spacial score (nSPS) is 17.2. The molecular formula is C24H25N3O. The second kappa shape index (κ2) is 7.95. The Labute approximate surface area is 166 Å². The molecule has 1 saturated heterocycles. The summed E-state index contributed by atoms with van der Waals surface area (Å²) in [5.74, 6) is 0.998. The number of aromatic nitrogens is 2. The van der Waals surface area contributed by atoms with Crippen molar-refractivity contribution < 1.29 is 4.74 Å². The molecule has 0 amide bonds. The van der Waals surface area contributed by atoms with Crippen LogP contribution in [0.15, 0.2) is 61.8 Å². The monoisotopic (exact) mass is 371 g/mol. The van der Waals surface area contributed by atoms with Gasteiger partial charge in [-0.05, 0) is 42.7 Å². The number of hydrogen-bond acceptors (Lipinski definition) is 4. The number of fused-ring (bicyclic) bond motifs is 1. The second-order valence-corrected chi connectivity index (χ2v) is 6.97. The fraction of sp³-hybridized carbons (Fsp3) is 0.250. The highest BCUT2D eigenvalue weighted by atomic mass is 16.5. The van der Waals surface area contributed by atoms with Gasteiger partial charge in [0.15, 0.2) is 0 Å². The standard InChI is InChI=1S/C24H25N3O/c1-4-18(5-2)22-10-9-20-17(3)6-8-21(24(20)26-22)19-7-11-23(25-16-19)27-12-14-28-15-13-27/h4-5,7-11,16H,1,3,6,12-15H2,2H3/b18-5+. The van der Waals surface area contributed by atoms with Gasteiger partial charge in [-0.15, -0.1) is 0 Å². The lowest BCUT2D eigenvalue weighted by Gasteiger charge is -2.28. The van der Waals surface area contributed by atoms with E-state index in [9.17, 15) is 0 Å². The lowest BCUT2D eigenvalue weighted by molar-refractivity contribution is 0.122. The van der Waals surface area contributed by atoms with Crippen molar-refractivity contribution >= 4 is 22.5 Å². The summed E-state index contributed by atoms with van der Waals surface area (Å²) in [7, 11) is 0. The highest BCUT2D eigenvalue weighted by Crippen LogP contribution is 2.36. The predicted molar refractivity (Wildman–Crippen MR) is 116 cm³/mol. The van der Waals surface area contributed by atoms with E-state index in [1.807, 2.05) is 31.3 Å². The molecule has 0 aromatic carbocycles. The zero-order valence-corrected chi connectivity index (χ0v) is 16.3. The minimum absolute atomic E-state index is 0.757. The molecule has 2 aliphatic rings. The van der Waals surface area contributed by atoms with Crippen LogP contribution in [0.1, 0.15) is 35.9 Å². The van der Waals surface area contributed by atoms with Crippen molar-refractivity contribution in [1.82, 2.24) is 9.97 Å². The van der Waals surface area contributed by atoms with Crippen LogP contribution in [0.25, 0.3) is 16.7 Å². The van der Waals surface area contributed by atoms with Gasteiger partial charge in [-0.1, -0.05) is 37.5 Å². The van der Waals surface area contributed by atoms with E-state index >= 15 is 0 Å². The molecule has 0 N–H and O–H groups in total. The van der Waals surface area contributed by atoms with Gasteiger partial charge in [0.1, 0.15) is 5.82 Å². The lowest BCUT2D eigenvalue weighted by atomic mass is 9.88. The first-order valence-electron chi connectivity index (χ1n) is 9.69. The number of hydrogen-bond donors (Lipinski definition) is 0. The first kappa shape index (κ1) is 18.4. The number of allylic oxidation sites excluding steroid dienone is 5. The van der Waals surface area contributed by atoms with Crippen molar-refractivity contribution in [2.45, 2.75) is 13.3 Å². The lowest BCUT2D eigenvalue weighted by Crippen LogP contribution is -2.36. The third-order valence-electron chi connectivity index (χ3n) is 5.30. The summed E-state index contributed by atoms with van der Waals surface area (Å²) in [5, 5.41) is 0. The Kier molecular flexibility index (Phi) is 5.22. The molecule has 4 nitrogen and oxygen atoms in total. The fourth-order valence-electron chi connectivity index (χ4n) is 3.69. The van der Waals surface area contributed by atoms with E-state index in [-0.39, 0.29) is 0 Å². The molecule has 0 unspecified atom stereocenters. The van der Waals surface area contributed by atoms with E-state index in [0.717, 1.165) is 77.8 Å². The van der Waals surface area contributed by atoms with E-state index in [4.69, 9.17) is 14.7 Å². The van der Waals surface area contributed by atoms with Crippen LogP contribution in [0, 0.1) is 0 Å². The second-order valence-electron chi connectivity index (χ2n) is 6.97. The summed E-state index contributed by atoms with van der Waals surface area (Å²) in [6.45, 7) is 13.4. The largest absolute Gasteiger partial charge is 0.378 e. The molecule has 2 aromatic rings. The molecule has 1 aliphatic heterocycles. The van der Waals surface area contributed by atoms with Gasteiger partial charge in [0, 0.05) is 36.0 Å². The summed E-state index contributed by atoms with van der Waals surface area (Å²) in [6.07, 6.45) is 8.85. The van der Waals surface area contributed by atoms with Crippen molar-refractivity contribution in [2.24, 2.45) is 0 Å². The summed E-state index contributed by atoms with van der Waals surface area (Å²) in [5.41, 5.74) is 7.32. The van der Waals surface area contributed by atoms with E-state index in [1.165, 1.54) is 0 Å². The van der Waals surface area contributed by atoms with Gasteiger partial charge in [-0.2, -0.15) is 0 Å². The van der Waals surface area contributed by atoms with Crippen LogP contribution in [-0.4, -0.2) is 36.3 Å². The average molecular weight is 371 g/mol. The summed E-state index contributed by atoms with van der Waals surface area (Å²) >= 11 is 0. The van der Waals surface area contributed by atoms with Crippen molar-refractivity contribution in [1.29, 1.82) is 0 Å². The molecule has 0 spiro atoms. The highest BCUT2D eigenvalue weighted by Gasteiger charge is 2.20. The Morgan fingerprint density at radius 2 is 2.00 bits per heavy atom. The number of rotatable bonds is 4. The Hall–Kier alpha value is -2.98. The molecule has 0 saturated carbocycles. The molecule has 3 heterocycles. The first-order valence-corrected chi connectivity index (χ1v) is 9.69. The minimum Gasteiger partial charge on any atom is -0.378 e. The average Bonchev–Trinajstić information content (AvgIpc) is 2.76. The fourth-order valence-corrected chi connectivity index (χ4v) is 3.69. The maximum absolute atomic E-state index is 5.43. The molecule has 28 heavy (non-hydrogen) atoms. The molecule has 0 radical (unpaired) electrons. The van der Waals surface area contributed by atoms with Crippen LogP contribution in [-0.2, 0) is 4.74 Å². The quantitative estimate of drug-likeness (QED) is 0.727. The van der Waals surface area contributed by atoms with Gasteiger partial charge in [0.2, 0.25) is 0 Å². The number of nitrogens with zero attached hydrogens (tertiary/aromatic N) is 3. The zero-order valence-electron chi connectivity index (χ0n) is 16.3. The van der Waals surface area contributed by atoms with Crippen molar-refractivity contribution in [3.63, 3.8) is 0 Å². The van der Waals surface area contributed by atoms with Crippen LogP contribution in [0.5, 0.6) is 0 Å². The number of pyridine rings is 2. The molecule has 2 aromatic heterocycles. The number of anilines is 1. The maximum Gasteiger partial charge on any atom is 0.128 e. The van der Waals surface area contributed by atoms with Crippen molar-refractivity contribution in [3.05, 3.63) is 84.4 Å². The number of ether oxygens (including phenoxy) is 1. The van der Waals surface area contributed by atoms with Crippen molar-refractivity contribution in [3.8, 4) is 0 Å². The smallest absolute Gasteiger partial charge is 0.128 e. The van der Waals surface area contributed by atoms with Gasteiger partial charge >= 0.3 is 0 Å². The van der Waals surface area contributed by atoms with E-state index in [1.54, 1.807) is 0 Å². The van der Waals surface area contributed by atoms with Gasteiger partial charge in [0.25, 0.3) is 0 Å². The SMILES string of the molecule is C=C/C(=C\C)c1ccc2c(n1)C(c1ccc(N3CCOCC3)nc1)=CCC2=C. The highest BCUT2D eigenvalue weighted by molar-refractivity contribution is 5.90. The van der Waals surface area contributed by atoms with E-state index in [2.05, 4.69) is 42.3 Å². The Bertz CT molecular complexity index is 964. The summed E-state index contributed by atoms with van der Waals surface area (Å²) < 4.78 is 5.43. The third-order valence-corrected chi connectivity index (χ3v) is 5.30. The molecular weight excluding hydrogens is 346 g/mol. The third kappa shape index (κ3) is 3.43. The maximum atomic E-state index is 5.43. The Morgan fingerprint density at radius 3 is 2.68 bits per heavy atom. The first-order chi connectivity index (χ1) is 13.7. The number of morpholine rings is 1. The Morgan fingerprint density at radius 1 is 1.18 bits per heavy atom. The molecule has 142 valence electrons. The van der Waals surface area contributed by atoms with Crippen molar-refractivity contribution in [2.75, 3.05) is 31.2 Å². The van der Waals surface area contributed by atoms with Gasteiger partial charge in [0.05, 0.1) is 24.6 Å². The van der Waals surface area contributed by atoms with Crippen LogP contribution in [0.4, 0.5) is 5.82 Å². The summed E-state index contributed by atoms with van der Waals surface area (Å²) in [4.78, 5) is 11.9. The molecule has 1 aliphatic carbocycles. The molecule has 4 rings (SSSR count). The van der Waals surface area contributed by atoms with Crippen LogP contribution >= 0.6 is 0 Å². The van der Waals surface area contributed by atoms with Gasteiger partial charge in [-0.3, -0.25) is 0 Å². The van der Waals surface area contributed by atoms with E-state index in [0.29, 0.717) is 0 Å². The predicted octanol–water partition coefficient (Wildman–Crippen LogP) is 4.75. The van der Waals surface area contributed by atoms with Gasteiger partial charge in [-0.25, -0.2) is 9.97 Å². The van der Waals surface area contributed by atoms with Crippen LogP contribution < -0.4 is 4.90 Å². The molecule has 1 fully saturated rings. The minimum atomic E-state index is 0.757. The van der Waals surface area contributed by atoms with E-state index < -0.39 is 0 Å². The van der Waals surface area contributed by atoms with Crippen LogP contribution in [0.3, 0.4) is 0 Å². The van der Waals surface area contributed by atoms with Gasteiger partial charge < -0.3 is 9.64 Å². The zero-order chi connectivity index (χ0) is 19.5. The topological polar surface area (TPSA) is 38.2 Å².